The van der Waals surface area contributed by atoms with Gasteiger partial charge in [0.25, 0.3) is 0 Å². The summed E-state index contributed by atoms with van der Waals surface area (Å²) < 4.78 is 0.0266. The molecule has 5 heteroatoms. The summed E-state index contributed by atoms with van der Waals surface area (Å²) in [7, 11) is 0. The molecule has 2 unspecified atom stereocenters. The molecule has 1 aliphatic carbocycles. The Morgan fingerprint density at radius 2 is 2.06 bits per heavy atom. The van der Waals surface area contributed by atoms with Crippen LogP contribution >= 0.6 is 39.1 Å². The second-order valence-corrected chi connectivity index (χ2v) is 7.17. The van der Waals surface area contributed by atoms with Gasteiger partial charge in [0.2, 0.25) is 0 Å². The predicted octanol–water partition coefficient (Wildman–Crippen LogP) is 4.59. The summed E-state index contributed by atoms with van der Waals surface area (Å²) in [6.07, 6.45) is 1.59. The van der Waals surface area contributed by atoms with E-state index in [4.69, 9.17) is 23.2 Å². The maximum atomic E-state index is 11.4. The van der Waals surface area contributed by atoms with Crippen molar-refractivity contribution in [3.63, 3.8) is 0 Å². The van der Waals surface area contributed by atoms with E-state index in [-0.39, 0.29) is 12.3 Å². The Balaban J connectivity index is 2.32. The summed E-state index contributed by atoms with van der Waals surface area (Å²) in [6.45, 7) is 0. The zero-order valence-electron chi connectivity index (χ0n) is 9.57. The summed E-state index contributed by atoms with van der Waals surface area (Å²) in [6, 6.07) is 7.72. The third-order valence-electron chi connectivity index (χ3n) is 3.45. The highest BCUT2D eigenvalue weighted by Gasteiger charge is 2.42. The maximum absolute atomic E-state index is 11.4. The van der Waals surface area contributed by atoms with E-state index in [0.717, 1.165) is 10.0 Å². The molecule has 0 amide bonds. The zero-order chi connectivity index (χ0) is 13.3. The lowest BCUT2D eigenvalue weighted by molar-refractivity contribution is -0.143. The topological polar surface area (TPSA) is 37.3 Å². The maximum Gasteiger partial charge on any atom is 0.307 e. The van der Waals surface area contributed by atoms with Gasteiger partial charge in [-0.05, 0) is 36.8 Å². The molecule has 0 bridgehead atoms. The number of hydrogen-bond donors (Lipinski definition) is 1. The molecule has 0 aromatic heterocycles. The van der Waals surface area contributed by atoms with Crippen molar-refractivity contribution in [2.45, 2.75) is 29.5 Å². The van der Waals surface area contributed by atoms with Gasteiger partial charge in [0, 0.05) is 4.47 Å². The molecule has 0 spiro atoms. The minimum atomic E-state index is -0.916. The highest BCUT2D eigenvalue weighted by atomic mass is 79.9. The lowest BCUT2D eigenvalue weighted by atomic mass is 9.75. The smallest absolute Gasteiger partial charge is 0.307 e. The van der Waals surface area contributed by atoms with E-state index < -0.39 is 16.2 Å². The molecule has 2 rings (SSSR count). The monoisotopic (exact) mass is 350 g/mol. The summed E-state index contributed by atoms with van der Waals surface area (Å²) in [5.74, 6) is -1.41. The third kappa shape index (κ3) is 3.01. The molecule has 2 nitrogen and oxygen atoms in total. The molecule has 1 aromatic rings. The number of carbonyl (C=O) groups is 1. The van der Waals surface area contributed by atoms with Crippen LogP contribution in [0.5, 0.6) is 0 Å². The van der Waals surface area contributed by atoms with Gasteiger partial charge in [-0.2, -0.15) is 0 Å². The molecule has 1 saturated carbocycles. The average molecular weight is 352 g/mol. The Kier molecular flexibility index (Phi) is 4.25. The van der Waals surface area contributed by atoms with Crippen LogP contribution < -0.4 is 0 Å². The number of alkyl halides is 2. The molecular weight excluding hydrogens is 339 g/mol. The Bertz CT molecular complexity index is 462. The van der Waals surface area contributed by atoms with E-state index in [9.17, 15) is 9.90 Å². The fraction of sp³-hybridized carbons (Fsp3) is 0.462. The summed E-state index contributed by atoms with van der Waals surface area (Å²) in [5.41, 5.74) is 1.02. The van der Waals surface area contributed by atoms with Crippen molar-refractivity contribution in [1.82, 2.24) is 0 Å². The van der Waals surface area contributed by atoms with Crippen molar-refractivity contribution < 1.29 is 9.90 Å². The molecule has 1 fully saturated rings. The van der Waals surface area contributed by atoms with Crippen LogP contribution in [-0.4, -0.2) is 15.4 Å². The Labute approximate surface area is 124 Å². The predicted molar refractivity (Wildman–Crippen MR) is 76.3 cm³/mol. The molecule has 0 saturated heterocycles. The van der Waals surface area contributed by atoms with Crippen LogP contribution in [0.1, 0.15) is 30.7 Å². The van der Waals surface area contributed by atoms with Gasteiger partial charge in [0.15, 0.2) is 0 Å². The molecule has 0 heterocycles. The van der Waals surface area contributed by atoms with E-state index in [0.29, 0.717) is 12.8 Å². The lowest BCUT2D eigenvalue weighted by Crippen LogP contribution is -2.34. The van der Waals surface area contributed by atoms with Crippen molar-refractivity contribution in [3.8, 4) is 0 Å². The largest absolute Gasteiger partial charge is 0.481 e. The van der Waals surface area contributed by atoms with Crippen LogP contribution in [0.4, 0.5) is 0 Å². The molecule has 1 aromatic carbocycles. The van der Waals surface area contributed by atoms with Gasteiger partial charge >= 0.3 is 5.97 Å². The number of carboxylic acids is 1. The average Bonchev–Trinajstić information content (AvgIpc) is 2.29. The SMILES string of the molecule is O=C(O)C1CC(Cl)(Cl)CCC1c1ccccc1Br. The zero-order valence-corrected chi connectivity index (χ0v) is 12.7. The molecular formula is C13H13BrCl2O2. The van der Waals surface area contributed by atoms with Crippen LogP contribution in [0.25, 0.3) is 0 Å². The second-order valence-electron chi connectivity index (χ2n) is 4.67. The second kappa shape index (κ2) is 5.40. The lowest BCUT2D eigenvalue weighted by Gasteiger charge is -2.36. The van der Waals surface area contributed by atoms with Crippen molar-refractivity contribution in [2.75, 3.05) is 0 Å². The highest BCUT2D eigenvalue weighted by molar-refractivity contribution is 9.10. The first-order valence-corrected chi connectivity index (χ1v) is 7.31. The third-order valence-corrected chi connectivity index (χ3v) is 4.86. The fourth-order valence-electron chi connectivity index (χ4n) is 2.54. The minimum Gasteiger partial charge on any atom is -0.481 e. The first-order chi connectivity index (χ1) is 8.41. The van der Waals surface area contributed by atoms with E-state index in [1.54, 1.807) is 0 Å². The highest BCUT2D eigenvalue weighted by Crippen LogP contribution is 2.48. The first kappa shape index (κ1) is 14.2. The Morgan fingerprint density at radius 3 is 2.67 bits per heavy atom. The molecule has 1 N–H and O–H groups in total. The van der Waals surface area contributed by atoms with Gasteiger partial charge in [0.1, 0.15) is 4.33 Å². The normalized spacial score (nSPS) is 26.8. The Morgan fingerprint density at radius 1 is 1.39 bits per heavy atom. The molecule has 18 heavy (non-hydrogen) atoms. The van der Waals surface area contributed by atoms with Crippen molar-refractivity contribution >= 4 is 45.1 Å². The van der Waals surface area contributed by atoms with Gasteiger partial charge in [-0.25, -0.2) is 0 Å². The van der Waals surface area contributed by atoms with E-state index in [1.165, 1.54) is 0 Å². The number of rotatable bonds is 2. The number of carboxylic acid groups (broad SMARTS) is 1. The molecule has 1 aliphatic rings. The number of halogens is 3. The standard InChI is InChI=1S/C13H13BrCl2O2/c14-11-4-2-1-3-9(11)8-5-6-13(15,16)7-10(8)12(17)18/h1-4,8,10H,5-7H2,(H,17,18). The van der Waals surface area contributed by atoms with Crippen molar-refractivity contribution in [1.29, 1.82) is 0 Å². The molecule has 0 aliphatic heterocycles. The van der Waals surface area contributed by atoms with Crippen molar-refractivity contribution in [2.24, 2.45) is 5.92 Å². The number of aliphatic carboxylic acids is 1. The minimum absolute atomic E-state index is 0.0382. The molecule has 0 radical (unpaired) electrons. The van der Waals surface area contributed by atoms with Gasteiger partial charge < -0.3 is 5.11 Å². The van der Waals surface area contributed by atoms with Crippen molar-refractivity contribution in [3.05, 3.63) is 34.3 Å². The van der Waals surface area contributed by atoms with E-state index in [2.05, 4.69) is 15.9 Å². The fourth-order valence-corrected chi connectivity index (χ4v) is 3.67. The quantitative estimate of drug-likeness (QED) is 0.791. The van der Waals surface area contributed by atoms with Gasteiger partial charge in [-0.15, -0.1) is 23.2 Å². The van der Waals surface area contributed by atoms with Gasteiger partial charge in [-0.1, -0.05) is 34.1 Å². The van der Waals surface area contributed by atoms with Crippen LogP contribution in [0.3, 0.4) is 0 Å². The summed E-state index contributed by atoms with van der Waals surface area (Å²) in [4.78, 5) is 11.4. The number of hydrogen-bond acceptors (Lipinski definition) is 1. The summed E-state index contributed by atoms with van der Waals surface area (Å²) in [5, 5.41) is 9.36. The van der Waals surface area contributed by atoms with Crippen LogP contribution in [0.15, 0.2) is 28.7 Å². The van der Waals surface area contributed by atoms with Gasteiger partial charge in [0.05, 0.1) is 5.92 Å². The molecule has 2 atom stereocenters. The van der Waals surface area contributed by atoms with Crippen LogP contribution in [-0.2, 0) is 4.79 Å². The number of benzene rings is 1. The van der Waals surface area contributed by atoms with E-state index in [1.807, 2.05) is 24.3 Å². The molecule has 98 valence electrons. The van der Waals surface area contributed by atoms with E-state index >= 15 is 0 Å². The van der Waals surface area contributed by atoms with Gasteiger partial charge in [-0.3, -0.25) is 4.79 Å². The first-order valence-electron chi connectivity index (χ1n) is 5.76. The van der Waals surface area contributed by atoms with Crippen LogP contribution in [0.2, 0.25) is 0 Å². The van der Waals surface area contributed by atoms with Crippen LogP contribution in [0, 0.1) is 5.92 Å². The Hall–Kier alpha value is -0.250. The summed E-state index contributed by atoms with van der Waals surface area (Å²) >= 11 is 15.7.